The molecule has 4 N–H and O–H groups in total. The third kappa shape index (κ3) is 2.87. The van der Waals surface area contributed by atoms with E-state index in [4.69, 9.17) is 11.1 Å². The molecule has 5 nitrogen and oxygen atoms in total. The molecule has 0 bridgehead atoms. The molecular weight excluding hydrogens is 240 g/mol. The van der Waals surface area contributed by atoms with E-state index in [0.29, 0.717) is 11.5 Å². The number of hydrogen-bond acceptors (Lipinski definition) is 4. The topological polar surface area (TPSA) is 86.2 Å². The molecule has 1 heterocycles. The highest BCUT2D eigenvalue weighted by Gasteiger charge is 2.28. The monoisotopic (exact) mass is 262 g/mol. The summed E-state index contributed by atoms with van der Waals surface area (Å²) in [6.07, 6.45) is 1.59. The van der Waals surface area contributed by atoms with Gasteiger partial charge >= 0.3 is 0 Å². The third-order valence-electron chi connectivity index (χ3n) is 3.73. The van der Waals surface area contributed by atoms with E-state index in [1.54, 1.807) is 0 Å². The smallest absolute Gasteiger partial charge is 0.126 e. The highest BCUT2D eigenvalue weighted by molar-refractivity contribution is 6.01. The fraction of sp³-hybridized carbons (Fsp3) is 0.571. The van der Waals surface area contributed by atoms with Gasteiger partial charge < -0.3 is 15.7 Å². The van der Waals surface area contributed by atoms with Crippen LogP contribution in [0.4, 0.5) is 5.69 Å². The lowest BCUT2D eigenvalue weighted by Gasteiger charge is -2.36. The Bertz CT molecular complexity index is 494. The Hall–Kier alpha value is -1.62. The zero-order valence-corrected chi connectivity index (χ0v) is 11.8. The maximum absolute atomic E-state index is 9.35. The van der Waals surface area contributed by atoms with Crippen LogP contribution >= 0.6 is 0 Å². The van der Waals surface area contributed by atoms with Crippen LogP contribution in [-0.4, -0.2) is 35.6 Å². The number of anilines is 1. The average Bonchev–Trinajstić information content (AvgIpc) is 2.24. The van der Waals surface area contributed by atoms with Crippen LogP contribution in [0.2, 0.25) is 0 Å². The average molecular weight is 262 g/mol. The molecule has 0 amide bonds. The lowest BCUT2D eigenvalue weighted by molar-refractivity contribution is 0.0465. The van der Waals surface area contributed by atoms with Gasteiger partial charge in [-0.3, -0.25) is 10.4 Å². The molecule has 2 rings (SSSR count). The molecule has 0 atom stereocenters. The van der Waals surface area contributed by atoms with Crippen molar-refractivity contribution in [2.75, 3.05) is 18.5 Å². The lowest BCUT2D eigenvalue weighted by atomic mass is 9.82. The summed E-state index contributed by atoms with van der Waals surface area (Å²) in [5.41, 5.74) is 9.08. The van der Waals surface area contributed by atoms with E-state index >= 15 is 0 Å². The highest BCUT2D eigenvalue weighted by atomic mass is 16.3. The maximum Gasteiger partial charge on any atom is 0.126 e. The van der Waals surface area contributed by atoms with Crippen LogP contribution in [0.25, 0.3) is 0 Å². The molecule has 1 aromatic heterocycles. The Morgan fingerprint density at radius 3 is 2.68 bits per heavy atom. The number of nitrogen functional groups attached to an aromatic ring is 1. The van der Waals surface area contributed by atoms with Crippen LogP contribution in [0.5, 0.6) is 0 Å². The summed E-state index contributed by atoms with van der Waals surface area (Å²) in [7, 11) is 2.01. The Morgan fingerprint density at radius 2 is 2.16 bits per heavy atom. The maximum atomic E-state index is 9.35. The van der Waals surface area contributed by atoms with Gasteiger partial charge in [0.1, 0.15) is 5.84 Å². The van der Waals surface area contributed by atoms with E-state index in [0.717, 1.165) is 36.5 Å². The number of nitrogens with one attached hydrogen (secondary N) is 1. The SMILES string of the molecule is Cc1cc(N(C)CC2CC(O)C2)c(C(=N)N)c(C)n1. The normalized spacial score (nSPS) is 21.9. The lowest BCUT2D eigenvalue weighted by Crippen LogP contribution is -2.38. The number of nitrogens with two attached hydrogens (primary N) is 1. The first-order chi connectivity index (χ1) is 8.88. The highest BCUT2D eigenvalue weighted by Crippen LogP contribution is 2.30. The van der Waals surface area contributed by atoms with Crippen LogP contribution < -0.4 is 10.6 Å². The first-order valence-corrected chi connectivity index (χ1v) is 6.60. The first kappa shape index (κ1) is 13.8. The number of nitrogens with zero attached hydrogens (tertiary/aromatic N) is 2. The summed E-state index contributed by atoms with van der Waals surface area (Å²) in [5, 5.41) is 17.1. The van der Waals surface area contributed by atoms with Crippen LogP contribution in [-0.2, 0) is 0 Å². The molecule has 5 heteroatoms. The minimum atomic E-state index is -0.133. The van der Waals surface area contributed by atoms with Gasteiger partial charge in [-0.15, -0.1) is 0 Å². The second kappa shape index (κ2) is 5.17. The number of aliphatic hydroxyl groups excluding tert-OH is 1. The summed E-state index contributed by atoms with van der Waals surface area (Å²) in [4.78, 5) is 6.50. The van der Waals surface area contributed by atoms with Gasteiger partial charge in [-0.1, -0.05) is 0 Å². The molecule has 0 spiro atoms. The molecule has 0 radical (unpaired) electrons. The fourth-order valence-corrected chi connectivity index (χ4v) is 2.78. The van der Waals surface area contributed by atoms with E-state index < -0.39 is 0 Å². The minimum absolute atomic E-state index is 0.0560. The molecule has 0 saturated heterocycles. The van der Waals surface area contributed by atoms with Crippen molar-refractivity contribution in [2.45, 2.75) is 32.8 Å². The molecule has 1 aromatic rings. The number of pyridine rings is 1. The number of hydrogen-bond donors (Lipinski definition) is 3. The van der Waals surface area contributed by atoms with Crippen molar-refractivity contribution in [3.05, 3.63) is 23.0 Å². The van der Waals surface area contributed by atoms with Crippen molar-refractivity contribution in [1.29, 1.82) is 5.41 Å². The van der Waals surface area contributed by atoms with Crippen molar-refractivity contribution in [3.63, 3.8) is 0 Å². The van der Waals surface area contributed by atoms with Crippen molar-refractivity contribution in [3.8, 4) is 0 Å². The van der Waals surface area contributed by atoms with Crippen LogP contribution in [0.3, 0.4) is 0 Å². The first-order valence-electron chi connectivity index (χ1n) is 6.60. The van der Waals surface area contributed by atoms with Gasteiger partial charge in [0.25, 0.3) is 0 Å². The molecule has 1 aliphatic rings. The molecule has 1 fully saturated rings. The summed E-state index contributed by atoms with van der Waals surface area (Å²) < 4.78 is 0. The second-order valence-corrected chi connectivity index (χ2v) is 5.53. The second-order valence-electron chi connectivity index (χ2n) is 5.53. The van der Waals surface area contributed by atoms with Crippen LogP contribution in [0, 0.1) is 25.2 Å². The summed E-state index contributed by atoms with van der Waals surface area (Å²) in [5.74, 6) is 0.578. The molecule has 0 aromatic carbocycles. The van der Waals surface area contributed by atoms with Crippen molar-refractivity contribution < 1.29 is 5.11 Å². The van der Waals surface area contributed by atoms with Gasteiger partial charge in [-0.05, 0) is 38.7 Å². The van der Waals surface area contributed by atoms with E-state index in [1.165, 1.54) is 0 Å². The minimum Gasteiger partial charge on any atom is -0.393 e. The van der Waals surface area contributed by atoms with Gasteiger partial charge in [-0.2, -0.15) is 0 Å². The zero-order chi connectivity index (χ0) is 14.2. The Balaban J connectivity index is 2.24. The summed E-state index contributed by atoms with van der Waals surface area (Å²) >= 11 is 0. The number of aliphatic hydroxyl groups is 1. The summed E-state index contributed by atoms with van der Waals surface area (Å²) in [6, 6.07) is 1.97. The molecule has 1 aliphatic carbocycles. The number of aryl methyl sites for hydroxylation is 2. The quantitative estimate of drug-likeness (QED) is 0.562. The van der Waals surface area contributed by atoms with E-state index in [1.807, 2.05) is 27.0 Å². The van der Waals surface area contributed by atoms with Crippen molar-refractivity contribution in [2.24, 2.45) is 11.7 Å². The van der Waals surface area contributed by atoms with Gasteiger partial charge in [-0.25, -0.2) is 0 Å². The standard InChI is InChI=1S/C14H22N4O/c1-8-4-12(13(14(15)16)9(2)17-8)18(3)7-10-5-11(19)6-10/h4,10-11,19H,5-7H2,1-3H3,(H3,15,16). The Morgan fingerprint density at radius 1 is 1.53 bits per heavy atom. The van der Waals surface area contributed by atoms with Gasteiger partial charge in [0.2, 0.25) is 0 Å². The number of rotatable bonds is 4. The molecule has 1 saturated carbocycles. The molecule has 0 unspecified atom stereocenters. The molecule has 104 valence electrons. The molecule has 19 heavy (non-hydrogen) atoms. The van der Waals surface area contributed by atoms with E-state index in [2.05, 4.69) is 9.88 Å². The molecule has 0 aliphatic heterocycles. The Labute approximate surface area is 114 Å². The van der Waals surface area contributed by atoms with Crippen molar-refractivity contribution >= 4 is 11.5 Å². The van der Waals surface area contributed by atoms with E-state index in [-0.39, 0.29) is 11.9 Å². The Kier molecular flexibility index (Phi) is 3.75. The third-order valence-corrected chi connectivity index (χ3v) is 3.73. The predicted octanol–water partition coefficient (Wildman–Crippen LogP) is 1.19. The van der Waals surface area contributed by atoms with Gasteiger partial charge in [0.05, 0.1) is 23.0 Å². The predicted molar refractivity (Wildman–Crippen MR) is 76.7 cm³/mol. The van der Waals surface area contributed by atoms with Gasteiger partial charge in [0, 0.05) is 19.3 Å². The van der Waals surface area contributed by atoms with Crippen LogP contribution in [0.15, 0.2) is 6.07 Å². The summed E-state index contributed by atoms with van der Waals surface area (Å²) in [6.45, 7) is 4.70. The number of aromatic nitrogens is 1. The number of amidine groups is 1. The van der Waals surface area contributed by atoms with E-state index in [9.17, 15) is 5.11 Å². The van der Waals surface area contributed by atoms with Crippen molar-refractivity contribution in [1.82, 2.24) is 4.98 Å². The van der Waals surface area contributed by atoms with Gasteiger partial charge in [0.15, 0.2) is 0 Å². The largest absolute Gasteiger partial charge is 0.393 e. The van der Waals surface area contributed by atoms with Crippen LogP contribution in [0.1, 0.15) is 29.8 Å². The zero-order valence-electron chi connectivity index (χ0n) is 11.8. The molecular formula is C14H22N4O. The fourth-order valence-electron chi connectivity index (χ4n) is 2.78.